The van der Waals surface area contributed by atoms with E-state index in [-0.39, 0.29) is 0 Å². The number of carbonyl (C=O) groups is 3. The third-order valence-corrected chi connectivity index (χ3v) is 3.29. The number of ether oxygens (including phenoxy) is 3. The van der Waals surface area contributed by atoms with Crippen molar-refractivity contribution in [2.24, 2.45) is 0 Å². The van der Waals surface area contributed by atoms with E-state index in [2.05, 4.69) is 15.4 Å². The number of alkyl carbamates (subject to hydrolysis) is 1. The summed E-state index contributed by atoms with van der Waals surface area (Å²) < 4.78 is 14.9. The van der Waals surface area contributed by atoms with Gasteiger partial charge in [-0.25, -0.2) is 9.59 Å². The number of benzene rings is 1. The molecule has 2 atom stereocenters. The molecule has 144 valence electrons. The van der Waals surface area contributed by atoms with E-state index >= 15 is 0 Å². The number of hydrogen-bond donors (Lipinski definition) is 2. The van der Waals surface area contributed by atoms with Crippen molar-refractivity contribution in [2.75, 3.05) is 14.2 Å². The molecule has 0 fully saturated rings. The summed E-state index contributed by atoms with van der Waals surface area (Å²) in [7, 11) is 2.75. The number of carbonyl (C=O) groups excluding carboxylic acids is 3. The molecule has 1 aromatic rings. The molecule has 8 nitrogen and oxygen atoms in total. The first kappa shape index (κ1) is 21.3. The van der Waals surface area contributed by atoms with Crippen molar-refractivity contribution < 1.29 is 28.6 Å². The largest absolute Gasteiger partial charge is 0.497 e. The second-order valence-electron chi connectivity index (χ2n) is 6.61. The lowest BCUT2D eigenvalue weighted by atomic mass is 10.1. The maximum absolute atomic E-state index is 12.6. The first-order valence-electron chi connectivity index (χ1n) is 8.09. The predicted octanol–water partition coefficient (Wildman–Crippen LogP) is 1.94. The maximum Gasteiger partial charge on any atom is 0.408 e. The molecule has 1 aromatic carbocycles. The highest BCUT2D eigenvalue weighted by Crippen LogP contribution is 2.19. The molecule has 2 amide bonds. The molecule has 0 saturated heterocycles. The topological polar surface area (TPSA) is 103 Å². The Hall–Kier alpha value is -2.77. The fourth-order valence-corrected chi connectivity index (χ4v) is 2.05. The minimum absolute atomic E-state index is 0.506. The van der Waals surface area contributed by atoms with Gasteiger partial charge in [-0.3, -0.25) is 4.79 Å². The summed E-state index contributed by atoms with van der Waals surface area (Å²) in [5.41, 5.74) is -0.212. The van der Waals surface area contributed by atoms with E-state index in [1.54, 1.807) is 45.0 Å². The second kappa shape index (κ2) is 9.07. The molecule has 0 aliphatic heterocycles. The molecule has 0 saturated carbocycles. The van der Waals surface area contributed by atoms with Crippen LogP contribution in [0.2, 0.25) is 0 Å². The van der Waals surface area contributed by atoms with E-state index in [4.69, 9.17) is 9.47 Å². The average molecular weight is 366 g/mol. The van der Waals surface area contributed by atoms with E-state index in [9.17, 15) is 14.4 Å². The molecule has 0 aliphatic rings. The van der Waals surface area contributed by atoms with Crippen LogP contribution < -0.4 is 15.4 Å². The van der Waals surface area contributed by atoms with Crippen LogP contribution in [0.1, 0.15) is 39.3 Å². The van der Waals surface area contributed by atoms with Crippen LogP contribution in [0.5, 0.6) is 5.75 Å². The van der Waals surface area contributed by atoms with Crippen LogP contribution in [0.3, 0.4) is 0 Å². The van der Waals surface area contributed by atoms with Gasteiger partial charge in [-0.05, 0) is 45.4 Å². The van der Waals surface area contributed by atoms with Gasteiger partial charge in [-0.15, -0.1) is 0 Å². The van der Waals surface area contributed by atoms with Crippen LogP contribution in [0.15, 0.2) is 24.3 Å². The zero-order chi connectivity index (χ0) is 19.9. The minimum Gasteiger partial charge on any atom is -0.497 e. The highest BCUT2D eigenvalue weighted by Gasteiger charge is 2.28. The van der Waals surface area contributed by atoms with Crippen molar-refractivity contribution in [1.82, 2.24) is 10.6 Å². The Kier molecular flexibility index (Phi) is 7.42. The normalized spacial score (nSPS) is 13.2. The summed E-state index contributed by atoms with van der Waals surface area (Å²) >= 11 is 0. The number of amides is 2. The Morgan fingerprint density at radius 3 is 2.04 bits per heavy atom. The molecule has 8 heteroatoms. The van der Waals surface area contributed by atoms with Gasteiger partial charge in [0.25, 0.3) is 0 Å². The van der Waals surface area contributed by atoms with Crippen LogP contribution in [-0.2, 0) is 19.1 Å². The maximum atomic E-state index is 12.6. The Balaban J connectivity index is 3.01. The number of rotatable bonds is 6. The Morgan fingerprint density at radius 2 is 1.58 bits per heavy atom. The number of esters is 1. The summed E-state index contributed by atoms with van der Waals surface area (Å²) in [6, 6.07) is 4.69. The van der Waals surface area contributed by atoms with Crippen LogP contribution >= 0.6 is 0 Å². The molecule has 0 aliphatic carbocycles. The molecule has 0 heterocycles. The fourth-order valence-electron chi connectivity index (χ4n) is 2.05. The molecule has 0 radical (unpaired) electrons. The van der Waals surface area contributed by atoms with E-state index in [1.807, 2.05) is 0 Å². The number of methoxy groups -OCH3 is 2. The Bertz CT molecular complexity index is 636. The molecule has 0 aromatic heterocycles. The molecule has 2 N–H and O–H groups in total. The Labute approximate surface area is 153 Å². The summed E-state index contributed by atoms with van der Waals surface area (Å²) in [4.78, 5) is 36.3. The van der Waals surface area contributed by atoms with Gasteiger partial charge in [-0.2, -0.15) is 0 Å². The predicted molar refractivity (Wildman–Crippen MR) is 94.7 cm³/mol. The zero-order valence-corrected chi connectivity index (χ0v) is 15.9. The van der Waals surface area contributed by atoms with Crippen LogP contribution in [0.25, 0.3) is 0 Å². The molecule has 0 bridgehead atoms. The summed E-state index contributed by atoms with van der Waals surface area (Å²) in [6.07, 6.45) is -0.751. The van der Waals surface area contributed by atoms with Crippen LogP contribution in [-0.4, -0.2) is 43.8 Å². The first-order chi connectivity index (χ1) is 12.1. The average Bonchev–Trinajstić information content (AvgIpc) is 2.57. The lowest BCUT2D eigenvalue weighted by Crippen LogP contribution is -2.47. The molecular formula is C18H26N2O6. The number of hydrogen-bond acceptors (Lipinski definition) is 6. The van der Waals surface area contributed by atoms with Gasteiger partial charge in [0.15, 0.2) is 0 Å². The highest BCUT2D eigenvalue weighted by molar-refractivity contribution is 5.90. The SMILES string of the molecule is COC(=O)[C@H](C)NC(=O)[C@@H](NC(=O)OC(C)(C)C)c1ccc(OC)cc1. The third-order valence-electron chi connectivity index (χ3n) is 3.29. The van der Waals surface area contributed by atoms with Gasteiger partial charge < -0.3 is 24.8 Å². The zero-order valence-electron chi connectivity index (χ0n) is 15.9. The van der Waals surface area contributed by atoms with Crippen molar-refractivity contribution >= 4 is 18.0 Å². The van der Waals surface area contributed by atoms with E-state index < -0.39 is 35.7 Å². The Morgan fingerprint density at radius 1 is 1.00 bits per heavy atom. The van der Waals surface area contributed by atoms with Gasteiger partial charge in [0, 0.05) is 0 Å². The van der Waals surface area contributed by atoms with E-state index in [0.29, 0.717) is 11.3 Å². The van der Waals surface area contributed by atoms with E-state index in [0.717, 1.165) is 0 Å². The van der Waals surface area contributed by atoms with Crippen LogP contribution in [0, 0.1) is 0 Å². The fraction of sp³-hybridized carbons (Fsp3) is 0.500. The smallest absolute Gasteiger partial charge is 0.408 e. The van der Waals surface area contributed by atoms with Crippen molar-refractivity contribution in [3.63, 3.8) is 0 Å². The monoisotopic (exact) mass is 366 g/mol. The summed E-state index contributed by atoms with van der Waals surface area (Å²) in [6.45, 7) is 6.64. The van der Waals surface area contributed by atoms with Crippen molar-refractivity contribution in [2.45, 2.75) is 45.4 Å². The summed E-state index contributed by atoms with van der Waals surface area (Å²) in [5.74, 6) is -0.559. The van der Waals surface area contributed by atoms with Gasteiger partial charge in [0.05, 0.1) is 14.2 Å². The molecule has 1 rings (SSSR count). The molecular weight excluding hydrogens is 340 g/mol. The lowest BCUT2D eigenvalue weighted by molar-refractivity contribution is -0.144. The standard InChI is InChI=1S/C18H26N2O6/c1-11(16(22)25-6)19-15(21)14(20-17(23)26-18(2,3)4)12-7-9-13(24-5)10-8-12/h7-11,14H,1-6H3,(H,19,21)(H,20,23)/t11-,14-/m0/s1. The summed E-state index contributed by atoms with van der Waals surface area (Å²) in [5, 5.41) is 5.03. The van der Waals surface area contributed by atoms with Crippen LogP contribution in [0.4, 0.5) is 4.79 Å². The minimum atomic E-state index is -1.05. The van der Waals surface area contributed by atoms with Crippen molar-refractivity contribution in [3.05, 3.63) is 29.8 Å². The second-order valence-corrected chi connectivity index (χ2v) is 6.61. The van der Waals surface area contributed by atoms with Gasteiger partial charge >= 0.3 is 12.1 Å². The lowest BCUT2D eigenvalue weighted by Gasteiger charge is -2.24. The van der Waals surface area contributed by atoms with Gasteiger partial charge in [-0.1, -0.05) is 12.1 Å². The van der Waals surface area contributed by atoms with Crippen molar-refractivity contribution in [1.29, 1.82) is 0 Å². The molecule has 0 unspecified atom stereocenters. The number of nitrogens with one attached hydrogen (secondary N) is 2. The van der Waals surface area contributed by atoms with Gasteiger partial charge in [0.1, 0.15) is 23.4 Å². The quantitative estimate of drug-likeness (QED) is 0.746. The third kappa shape index (κ3) is 6.62. The highest BCUT2D eigenvalue weighted by atomic mass is 16.6. The molecule has 0 spiro atoms. The first-order valence-corrected chi connectivity index (χ1v) is 8.09. The van der Waals surface area contributed by atoms with Crippen molar-refractivity contribution in [3.8, 4) is 5.75 Å². The molecule has 26 heavy (non-hydrogen) atoms. The van der Waals surface area contributed by atoms with Gasteiger partial charge in [0.2, 0.25) is 5.91 Å². The van der Waals surface area contributed by atoms with E-state index in [1.165, 1.54) is 21.1 Å².